The maximum atomic E-state index is 6.04. The van der Waals surface area contributed by atoms with Gasteiger partial charge in [0.15, 0.2) is 0 Å². The fourth-order valence-corrected chi connectivity index (χ4v) is 2.10. The van der Waals surface area contributed by atoms with E-state index in [1.165, 1.54) is 5.56 Å². The number of hydrogen-bond acceptors (Lipinski definition) is 2. The first-order chi connectivity index (χ1) is 8.42. The van der Waals surface area contributed by atoms with Gasteiger partial charge in [-0.3, -0.25) is 0 Å². The maximum absolute atomic E-state index is 6.04. The van der Waals surface area contributed by atoms with E-state index >= 15 is 0 Å². The smallest absolute Gasteiger partial charge is 0.0598 e. The molecule has 3 heteroatoms. The van der Waals surface area contributed by atoms with Crippen LogP contribution in [-0.2, 0) is 4.74 Å². The molecule has 1 aromatic carbocycles. The Kier molecular flexibility index (Phi) is 6.13. The van der Waals surface area contributed by atoms with Crippen LogP contribution in [0.5, 0.6) is 0 Å². The number of hydrogen-bond donors (Lipinski definition) is 1. The molecule has 0 saturated heterocycles. The maximum Gasteiger partial charge on any atom is 0.0598 e. The zero-order valence-corrected chi connectivity index (χ0v) is 12.6. The largest absolute Gasteiger partial charge is 0.376 e. The van der Waals surface area contributed by atoms with E-state index in [0.29, 0.717) is 5.92 Å². The topological polar surface area (TPSA) is 21.3 Å². The summed E-state index contributed by atoms with van der Waals surface area (Å²) in [5, 5.41) is 4.03. The Morgan fingerprint density at radius 2 is 2.06 bits per heavy atom. The van der Waals surface area contributed by atoms with Gasteiger partial charge in [0, 0.05) is 18.2 Å². The predicted molar refractivity (Wildman–Crippen MR) is 78.4 cm³/mol. The molecule has 0 saturated carbocycles. The van der Waals surface area contributed by atoms with E-state index in [0.717, 1.165) is 24.6 Å². The molecule has 0 spiro atoms. The molecule has 0 bridgehead atoms. The molecule has 18 heavy (non-hydrogen) atoms. The Morgan fingerprint density at radius 1 is 1.33 bits per heavy atom. The van der Waals surface area contributed by atoms with Crippen molar-refractivity contribution in [3.8, 4) is 0 Å². The van der Waals surface area contributed by atoms with Crippen LogP contribution in [0.2, 0.25) is 5.02 Å². The number of ether oxygens (including phenoxy) is 1. The number of nitrogens with one attached hydrogen (secondary N) is 1. The molecule has 0 aliphatic heterocycles. The summed E-state index contributed by atoms with van der Waals surface area (Å²) in [4.78, 5) is 0. The van der Waals surface area contributed by atoms with E-state index in [9.17, 15) is 0 Å². The molecule has 0 aliphatic carbocycles. The first-order valence-corrected chi connectivity index (χ1v) is 6.84. The van der Waals surface area contributed by atoms with Crippen LogP contribution in [-0.4, -0.2) is 25.8 Å². The van der Waals surface area contributed by atoms with Gasteiger partial charge in [0.2, 0.25) is 0 Å². The summed E-state index contributed by atoms with van der Waals surface area (Å²) in [6, 6.07) is 8.09. The number of likely N-dealkylation sites (N-methyl/N-ethyl adjacent to an activating group) is 1. The highest BCUT2D eigenvalue weighted by atomic mass is 35.5. The monoisotopic (exact) mass is 269 g/mol. The lowest BCUT2D eigenvalue weighted by molar-refractivity contribution is -0.00618. The Balaban J connectivity index is 2.60. The highest BCUT2D eigenvalue weighted by Crippen LogP contribution is 2.23. The second-order valence-electron chi connectivity index (χ2n) is 5.56. The van der Waals surface area contributed by atoms with Crippen LogP contribution in [0.4, 0.5) is 0 Å². The Labute approximate surface area is 116 Å². The molecule has 2 nitrogen and oxygen atoms in total. The summed E-state index contributed by atoms with van der Waals surface area (Å²) < 4.78 is 5.80. The number of halogens is 1. The SMILES string of the molecule is CNCC(CCOC(C)(C)C)c1cccc(Cl)c1. The Hall–Kier alpha value is -0.570. The van der Waals surface area contributed by atoms with Crippen LogP contribution in [0.1, 0.15) is 38.7 Å². The van der Waals surface area contributed by atoms with Crippen LogP contribution in [0.3, 0.4) is 0 Å². The van der Waals surface area contributed by atoms with Crippen molar-refractivity contribution in [1.82, 2.24) is 5.32 Å². The van der Waals surface area contributed by atoms with Crippen molar-refractivity contribution in [3.63, 3.8) is 0 Å². The quantitative estimate of drug-likeness (QED) is 0.847. The summed E-state index contributed by atoms with van der Waals surface area (Å²) in [5.41, 5.74) is 1.20. The second-order valence-corrected chi connectivity index (χ2v) is 6.00. The molecule has 0 radical (unpaired) electrons. The van der Waals surface area contributed by atoms with Crippen molar-refractivity contribution in [1.29, 1.82) is 0 Å². The lowest BCUT2D eigenvalue weighted by atomic mass is 9.96. The van der Waals surface area contributed by atoms with Gasteiger partial charge in [-0.25, -0.2) is 0 Å². The molecule has 1 atom stereocenters. The highest BCUT2D eigenvalue weighted by molar-refractivity contribution is 6.30. The van der Waals surface area contributed by atoms with Gasteiger partial charge in [0.05, 0.1) is 5.60 Å². The molecule has 1 unspecified atom stereocenters. The summed E-state index contributed by atoms with van der Waals surface area (Å²) in [5.74, 6) is 0.441. The molecular weight excluding hydrogens is 246 g/mol. The van der Waals surface area contributed by atoms with Gasteiger partial charge in [-0.1, -0.05) is 23.7 Å². The fraction of sp³-hybridized carbons (Fsp3) is 0.600. The van der Waals surface area contributed by atoms with E-state index in [2.05, 4.69) is 32.2 Å². The van der Waals surface area contributed by atoms with Crippen LogP contribution in [0.25, 0.3) is 0 Å². The summed E-state index contributed by atoms with van der Waals surface area (Å²) in [6.45, 7) is 7.95. The first kappa shape index (κ1) is 15.5. The summed E-state index contributed by atoms with van der Waals surface area (Å²) in [6.07, 6.45) is 0.998. The van der Waals surface area contributed by atoms with Crippen molar-refractivity contribution in [2.75, 3.05) is 20.2 Å². The third-order valence-electron chi connectivity index (χ3n) is 2.77. The van der Waals surface area contributed by atoms with Crippen molar-refractivity contribution >= 4 is 11.6 Å². The normalized spacial score (nSPS) is 13.6. The van der Waals surface area contributed by atoms with Gasteiger partial charge in [-0.15, -0.1) is 0 Å². The van der Waals surface area contributed by atoms with Crippen molar-refractivity contribution in [2.45, 2.75) is 38.7 Å². The third kappa shape index (κ3) is 5.85. The van der Waals surface area contributed by atoms with E-state index in [-0.39, 0.29) is 5.60 Å². The number of rotatable bonds is 6. The minimum Gasteiger partial charge on any atom is -0.376 e. The minimum absolute atomic E-state index is 0.0709. The van der Waals surface area contributed by atoms with Gasteiger partial charge in [0.1, 0.15) is 0 Å². The molecule has 0 amide bonds. The van der Waals surface area contributed by atoms with Gasteiger partial charge in [-0.2, -0.15) is 0 Å². The van der Waals surface area contributed by atoms with Crippen LogP contribution in [0, 0.1) is 0 Å². The average Bonchev–Trinajstić information content (AvgIpc) is 2.26. The Morgan fingerprint density at radius 3 is 2.61 bits per heavy atom. The van der Waals surface area contributed by atoms with E-state index < -0.39 is 0 Å². The highest BCUT2D eigenvalue weighted by Gasteiger charge is 2.14. The second kappa shape index (κ2) is 7.13. The summed E-state index contributed by atoms with van der Waals surface area (Å²) in [7, 11) is 1.97. The molecule has 1 rings (SSSR count). The lowest BCUT2D eigenvalue weighted by Gasteiger charge is -2.23. The lowest BCUT2D eigenvalue weighted by Crippen LogP contribution is -2.23. The van der Waals surface area contributed by atoms with Crippen LogP contribution < -0.4 is 5.32 Å². The number of benzene rings is 1. The first-order valence-electron chi connectivity index (χ1n) is 6.46. The van der Waals surface area contributed by atoms with E-state index in [1.807, 2.05) is 25.2 Å². The average molecular weight is 270 g/mol. The van der Waals surface area contributed by atoms with Gasteiger partial charge < -0.3 is 10.1 Å². The van der Waals surface area contributed by atoms with Crippen LogP contribution >= 0.6 is 11.6 Å². The van der Waals surface area contributed by atoms with E-state index in [4.69, 9.17) is 16.3 Å². The standard InChI is InChI=1S/C15H24ClNO/c1-15(2,3)18-9-8-13(11-17-4)12-6-5-7-14(16)10-12/h5-7,10,13,17H,8-9,11H2,1-4H3. The zero-order chi connectivity index (χ0) is 13.6. The molecule has 0 fully saturated rings. The fourth-order valence-electron chi connectivity index (χ4n) is 1.90. The van der Waals surface area contributed by atoms with Gasteiger partial charge >= 0.3 is 0 Å². The van der Waals surface area contributed by atoms with Crippen LogP contribution in [0.15, 0.2) is 24.3 Å². The molecule has 1 N–H and O–H groups in total. The van der Waals surface area contributed by atoms with Crippen molar-refractivity contribution in [2.24, 2.45) is 0 Å². The molecule has 0 heterocycles. The van der Waals surface area contributed by atoms with Crippen molar-refractivity contribution < 1.29 is 4.74 Å². The molecule has 0 aliphatic rings. The molecule has 102 valence electrons. The molecule has 0 aromatic heterocycles. The molecular formula is C15H24ClNO. The third-order valence-corrected chi connectivity index (χ3v) is 3.01. The van der Waals surface area contributed by atoms with Gasteiger partial charge in [0.25, 0.3) is 0 Å². The van der Waals surface area contributed by atoms with E-state index in [1.54, 1.807) is 0 Å². The summed E-state index contributed by atoms with van der Waals surface area (Å²) >= 11 is 6.04. The predicted octanol–water partition coefficient (Wildman–Crippen LogP) is 3.85. The molecule has 1 aromatic rings. The van der Waals surface area contributed by atoms with Crippen molar-refractivity contribution in [3.05, 3.63) is 34.9 Å². The minimum atomic E-state index is -0.0709. The van der Waals surface area contributed by atoms with Gasteiger partial charge in [-0.05, 0) is 57.9 Å². The Bertz CT molecular complexity index is 360. The zero-order valence-electron chi connectivity index (χ0n) is 11.8.